The van der Waals surface area contributed by atoms with Crippen LogP contribution in [-0.4, -0.2) is 21.5 Å². The molecule has 0 fully saturated rings. The fourth-order valence-electron chi connectivity index (χ4n) is 1.74. The summed E-state index contributed by atoms with van der Waals surface area (Å²) in [6, 6.07) is 7.55. The lowest BCUT2D eigenvalue weighted by atomic mass is 10.1. The number of aryl methyl sites for hydroxylation is 2. The van der Waals surface area contributed by atoms with Crippen molar-refractivity contribution in [3.05, 3.63) is 35.5 Å². The normalized spacial score (nSPS) is 10.6. The van der Waals surface area contributed by atoms with Gasteiger partial charge in [0.15, 0.2) is 0 Å². The highest BCUT2D eigenvalue weighted by Gasteiger charge is 2.11. The van der Waals surface area contributed by atoms with Gasteiger partial charge in [-0.15, -0.1) is 0 Å². The van der Waals surface area contributed by atoms with E-state index in [4.69, 9.17) is 15.6 Å². The number of nitrogens with zero attached hydrogens (tertiary/aromatic N) is 2. The third kappa shape index (κ3) is 2.46. The summed E-state index contributed by atoms with van der Waals surface area (Å²) in [5, 5.41) is 13.0. The molecule has 0 atom stereocenters. The molecule has 2 rings (SSSR count). The van der Waals surface area contributed by atoms with E-state index in [0.29, 0.717) is 23.7 Å². The standard InChI is InChI=1S/C13H17N3O2/c1-9-12(14)13(16(2)15-9)18-11-5-3-10(4-6-11)7-8-17/h3-6,17H,7-8,14H2,1-2H3. The van der Waals surface area contributed by atoms with Gasteiger partial charge >= 0.3 is 0 Å². The van der Waals surface area contributed by atoms with Gasteiger partial charge in [0.2, 0.25) is 5.88 Å². The van der Waals surface area contributed by atoms with E-state index in [1.54, 1.807) is 11.7 Å². The third-order valence-electron chi connectivity index (χ3n) is 2.75. The molecule has 0 spiro atoms. The van der Waals surface area contributed by atoms with Crippen LogP contribution >= 0.6 is 0 Å². The molecule has 1 aromatic heterocycles. The summed E-state index contributed by atoms with van der Waals surface area (Å²) in [5.41, 5.74) is 8.26. The van der Waals surface area contributed by atoms with E-state index in [9.17, 15) is 0 Å². The maximum absolute atomic E-state index is 8.84. The van der Waals surface area contributed by atoms with Crippen molar-refractivity contribution in [1.82, 2.24) is 9.78 Å². The Balaban J connectivity index is 2.18. The van der Waals surface area contributed by atoms with Gasteiger partial charge in [-0.25, -0.2) is 4.68 Å². The second-order valence-electron chi connectivity index (χ2n) is 4.15. The minimum atomic E-state index is 0.147. The fraction of sp³-hybridized carbons (Fsp3) is 0.308. The molecular weight excluding hydrogens is 230 g/mol. The van der Waals surface area contributed by atoms with E-state index in [0.717, 1.165) is 11.3 Å². The number of anilines is 1. The lowest BCUT2D eigenvalue weighted by Gasteiger charge is -2.07. The quantitative estimate of drug-likeness (QED) is 0.861. The number of ether oxygens (including phenoxy) is 1. The largest absolute Gasteiger partial charge is 0.437 e. The number of hydrogen-bond acceptors (Lipinski definition) is 4. The van der Waals surface area contributed by atoms with Crippen molar-refractivity contribution < 1.29 is 9.84 Å². The van der Waals surface area contributed by atoms with Crippen LogP contribution in [0.3, 0.4) is 0 Å². The molecule has 5 heteroatoms. The third-order valence-corrected chi connectivity index (χ3v) is 2.75. The van der Waals surface area contributed by atoms with E-state index in [2.05, 4.69) is 5.10 Å². The van der Waals surface area contributed by atoms with Crippen molar-refractivity contribution in [2.45, 2.75) is 13.3 Å². The molecule has 0 amide bonds. The van der Waals surface area contributed by atoms with Crippen molar-refractivity contribution in [2.75, 3.05) is 12.3 Å². The number of benzene rings is 1. The van der Waals surface area contributed by atoms with Crippen LogP contribution in [0.1, 0.15) is 11.3 Å². The lowest BCUT2D eigenvalue weighted by Crippen LogP contribution is -1.97. The summed E-state index contributed by atoms with van der Waals surface area (Å²) in [7, 11) is 1.79. The van der Waals surface area contributed by atoms with Crippen LogP contribution in [0, 0.1) is 6.92 Å². The molecule has 1 aromatic carbocycles. The lowest BCUT2D eigenvalue weighted by molar-refractivity contribution is 0.299. The average Bonchev–Trinajstić information content (AvgIpc) is 2.59. The first-order chi connectivity index (χ1) is 8.61. The Morgan fingerprint density at radius 1 is 1.33 bits per heavy atom. The van der Waals surface area contributed by atoms with Gasteiger partial charge in [0.05, 0.1) is 5.69 Å². The zero-order valence-corrected chi connectivity index (χ0v) is 10.6. The maximum Gasteiger partial charge on any atom is 0.241 e. The predicted octanol–water partition coefficient (Wildman–Crippen LogP) is 1.64. The smallest absolute Gasteiger partial charge is 0.241 e. The van der Waals surface area contributed by atoms with E-state index in [-0.39, 0.29) is 6.61 Å². The molecule has 0 saturated heterocycles. The summed E-state index contributed by atoms with van der Waals surface area (Å²) in [5.74, 6) is 1.24. The Labute approximate surface area is 106 Å². The number of aliphatic hydroxyl groups is 1. The number of aliphatic hydroxyl groups excluding tert-OH is 1. The van der Waals surface area contributed by atoms with E-state index >= 15 is 0 Å². The first-order valence-corrected chi connectivity index (χ1v) is 5.78. The average molecular weight is 247 g/mol. The number of hydrogen-bond donors (Lipinski definition) is 2. The van der Waals surface area contributed by atoms with Gasteiger partial charge in [-0.2, -0.15) is 5.10 Å². The number of nitrogens with two attached hydrogens (primary N) is 1. The first-order valence-electron chi connectivity index (χ1n) is 5.78. The molecule has 0 unspecified atom stereocenters. The zero-order chi connectivity index (χ0) is 13.1. The highest BCUT2D eigenvalue weighted by Crippen LogP contribution is 2.29. The molecule has 0 aliphatic rings. The summed E-state index contributed by atoms with van der Waals surface area (Å²) in [6.07, 6.45) is 0.646. The fourth-order valence-corrected chi connectivity index (χ4v) is 1.74. The van der Waals surface area contributed by atoms with E-state index in [1.807, 2.05) is 31.2 Å². The second-order valence-corrected chi connectivity index (χ2v) is 4.15. The molecule has 5 nitrogen and oxygen atoms in total. The topological polar surface area (TPSA) is 73.3 Å². The Morgan fingerprint density at radius 2 is 2.00 bits per heavy atom. The first kappa shape index (κ1) is 12.4. The molecule has 18 heavy (non-hydrogen) atoms. The van der Waals surface area contributed by atoms with Crippen LogP contribution in [0.25, 0.3) is 0 Å². The van der Waals surface area contributed by atoms with Gasteiger partial charge in [0.25, 0.3) is 0 Å². The van der Waals surface area contributed by atoms with Crippen molar-refractivity contribution in [1.29, 1.82) is 0 Å². The summed E-state index contributed by atoms with van der Waals surface area (Å²) in [4.78, 5) is 0. The van der Waals surface area contributed by atoms with Crippen LogP contribution in [0.2, 0.25) is 0 Å². The zero-order valence-electron chi connectivity index (χ0n) is 10.6. The summed E-state index contributed by atoms with van der Waals surface area (Å²) >= 11 is 0. The molecule has 0 aliphatic carbocycles. The minimum Gasteiger partial charge on any atom is -0.437 e. The van der Waals surface area contributed by atoms with Crippen molar-refractivity contribution >= 4 is 5.69 Å². The molecule has 2 aromatic rings. The number of nitrogen functional groups attached to an aromatic ring is 1. The molecule has 1 heterocycles. The predicted molar refractivity (Wildman–Crippen MR) is 69.7 cm³/mol. The van der Waals surface area contributed by atoms with Crippen molar-refractivity contribution in [3.63, 3.8) is 0 Å². The van der Waals surface area contributed by atoms with E-state index < -0.39 is 0 Å². The number of rotatable bonds is 4. The van der Waals surface area contributed by atoms with Crippen molar-refractivity contribution in [2.24, 2.45) is 7.05 Å². The van der Waals surface area contributed by atoms with Gasteiger partial charge in [0, 0.05) is 13.7 Å². The molecule has 0 radical (unpaired) electrons. The SMILES string of the molecule is Cc1nn(C)c(Oc2ccc(CCO)cc2)c1N. The molecule has 0 saturated carbocycles. The summed E-state index contributed by atoms with van der Waals surface area (Å²) in [6.45, 7) is 1.99. The molecule has 0 bridgehead atoms. The molecule has 96 valence electrons. The Morgan fingerprint density at radius 3 is 2.50 bits per heavy atom. The van der Waals surface area contributed by atoms with Crippen molar-refractivity contribution in [3.8, 4) is 11.6 Å². The minimum absolute atomic E-state index is 0.147. The van der Waals surface area contributed by atoms with E-state index in [1.165, 1.54) is 0 Å². The maximum atomic E-state index is 8.84. The highest BCUT2D eigenvalue weighted by atomic mass is 16.5. The monoisotopic (exact) mass is 247 g/mol. The van der Waals surface area contributed by atoms with Crippen LogP contribution < -0.4 is 10.5 Å². The number of aromatic nitrogens is 2. The Hall–Kier alpha value is -2.01. The van der Waals surface area contributed by atoms with Gasteiger partial charge < -0.3 is 15.6 Å². The van der Waals surface area contributed by atoms with Gasteiger partial charge in [0.1, 0.15) is 11.4 Å². The van der Waals surface area contributed by atoms with Gasteiger partial charge in [-0.1, -0.05) is 12.1 Å². The second kappa shape index (κ2) is 5.10. The molecule has 0 aliphatic heterocycles. The molecular formula is C13H17N3O2. The van der Waals surface area contributed by atoms with Crippen LogP contribution in [0.5, 0.6) is 11.6 Å². The van der Waals surface area contributed by atoms with Crippen LogP contribution in [-0.2, 0) is 13.5 Å². The van der Waals surface area contributed by atoms with Gasteiger partial charge in [-0.3, -0.25) is 0 Å². The highest BCUT2D eigenvalue weighted by molar-refractivity contribution is 5.53. The molecule has 3 N–H and O–H groups in total. The van der Waals surface area contributed by atoms with Gasteiger partial charge in [-0.05, 0) is 31.0 Å². The Kier molecular flexibility index (Phi) is 3.53. The van der Waals surface area contributed by atoms with Crippen LogP contribution in [0.4, 0.5) is 5.69 Å². The summed E-state index contributed by atoms with van der Waals surface area (Å²) < 4.78 is 7.32. The van der Waals surface area contributed by atoms with Crippen LogP contribution in [0.15, 0.2) is 24.3 Å². The Bertz CT molecular complexity index is 532.